The van der Waals surface area contributed by atoms with Crippen molar-refractivity contribution in [3.05, 3.63) is 27.7 Å². The van der Waals surface area contributed by atoms with Gasteiger partial charge >= 0.3 is 0 Å². The third-order valence-electron chi connectivity index (χ3n) is 4.69. The van der Waals surface area contributed by atoms with Crippen molar-refractivity contribution in [3.63, 3.8) is 0 Å². The molecule has 2 nitrogen and oxygen atoms in total. The van der Waals surface area contributed by atoms with Gasteiger partial charge in [-0.25, -0.2) is 0 Å². The zero-order chi connectivity index (χ0) is 13.5. The molecule has 1 aromatic rings. The van der Waals surface area contributed by atoms with Crippen LogP contribution in [0.1, 0.15) is 38.5 Å². The molecule has 0 radical (unpaired) electrons. The van der Waals surface area contributed by atoms with E-state index in [4.69, 9.17) is 16.3 Å². The minimum Gasteiger partial charge on any atom is -0.488 e. The predicted molar refractivity (Wildman–Crippen MR) is 79.7 cm³/mol. The molecular weight excluding hydrogens is 328 g/mol. The minimum atomic E-state index is -0.205. The van der Waals surface area contributed by atoms with Gasteiger partial charge in [-0.1, -0.05) is 46.8 Å². The molecule has 2 unspecified atom stereocenters. The fourth-order valence-corrected chi connectivity index (χ4v) is 3.98. The second-order valence-electron chi connectivity index (χ2n) is 5.73. The fraction of sp³-hybridized carbons (Fsp3) is 0.600. The second kappa shape index (κ2) is 5.27. The Bertz CT molecular complexity index is 471. The normalized spacial score (nSPS) is 29.0. The molecule has 104 valence electrons. The van der Waals surface area contributed by atoms with E-state index in [1.807, 2.05) is 18.2 Å². The first kappa shape index (κ1) is 13.7. The molecule has 0 aromatic heterocycles. The highest BCUT2D eigenvalue weighted by atomic mass is 79.9. The highest BCUT2D eigenvalue weighted by Gasteiger charge is 2.56. The number of benzene rings is 1. The SMILES string of the molecule is OC1CC(Oc2cc(Br)ccc2Cl)C12CCCCC2. The largest absolute Gasteiger partial charge is 0.488 e. The van der Waals surface area contributed by atoms with Crippen molar-refractivity contribution in [1.82, 2.24) is 0 Å². The molecule has 2 saturated carbocycles. The third-order valence-corrected chi connectivity index (χ3v) is 5.49. The third kappa shape index (κ3) is 2.41. The number of hydrogen-bond donors (Lipinski definition) is 1. The lowest BCUT2D eigenvalue weighted by Crippen LogP contribution is -2.60. The zero-order valence-electron chi connectivity index (χ0n) is 10.7. The Morgan fingerprint density at radius 2 is 2.00 bits per heavy atom. The molecule has 0 saturated heterocycles. The average molecular weight is 346 g/mol. The summed E-state index contributed by atoms with van der Waals surface area (Å²) in [5.74, 6) is 0.720. The average Bonchev–Trinajstić information content (AvgIpc) is 2.43. The van der Waals surface area contributed by atoms with Gasteiger partial charge in [-0.3, -0.25) is 0 Å². The lowest BCUT2D eigenvalue weighted by atomic mass is 9.56. The lowest BCUT2D eigenvalue weighted by Gasteiger charge is -2.55. The molecule has 0 bridgehead atoms. The van der Waals surface area contributed by atoms with Crippen LogP contribution in [0.25, 0.3) is 0 Å². The summed E-state index contributed by atoms with van der Waals surface area (Å²) in [4.78, 5) is 0. The summed E-state index contributed by atoms with van der Waals surface area (Å²) in [6.45, 7) is 0. The standard InChI is InChI=1S/C15H18BrClO2/c16-10-4-5-11(17)12(8-10)19-14-9-13(18)15(14)6-2-1-3-7-15/h4-5,8,13-14,18H,1-3,6-7,9H2. The molecule has 1 aromatic carbocycles. The summed E-state index contributed by atoms with van der Waals surface area (Å²) >= 11 is 9.61. The van der Waals surface area contributed by atoms with Gasteiger partial charge in [-0.15, -0.1) is 0 Å². The minimum absolute atomic E-state index is 0.0239. The molecular formula is C15H18BrClO2. The van der Waals surface area contributed by atoms with Crippen LogP contribution in [0.3, 0.4) is 0 Å². The Balaban J connectivity index is 1.78. The van der Waals surface area contributed by atoms with E-state index in [0.717, 1.165) is 29.5 Å². The molecule has 0 aliphatic heterocycles. The van der Waals surface area contributed by atoms with Crippen molar-refractivity contribution in [2.24, 2.45) is 5.41 Å². The van der Waals surface area contributed by atoms with E-state index in [9.17, 15) is 5.11 Å². The summed E-state index contributed by atoms with van der Waals surface area (Å²) in [5, 5.41) is 10.8. The van der Waals surface area contributed by atoms with Gasteiger partial charge in [0, 0.05) is 16.3 Å². The summed E-state index contributed by atoms with van der Waals surface area (Å²) in [6, 6.07) is 5.65. The van der Waals surface area contributed by atoms with Crippen LogP contribution in [0.5, 0.6) is 5.75 Å². The van der Waals surface area contributed by atoms with E-state index >= 15 is 0 Å². The van der Waals surface area contributed by atoms with Crippen molar-refractivity contribution in [2.45, 2.75) is 50.7 Å². The summed E-state index contributed by atoms with van der Waals surface area (Å²) < 4.78 is 7.07. The molecule has 3 rings (SSSR count). The smallest absolute Gasteiger partial charge is 0.139 e. The fourth-order valence-electron chi connectivity index (χ4n) is 3.48. The van der Waals surface area contributed by atoms with Crippen LogP contribution in [0.15, 0.2) is 22.7 Å². The van der Waals surface area contributed by atoms with Crippen LogP contribution in [-0.4, -0.2) is 17.3 Å². The van der Waals surface area contributed by atoms with E-state index in [0.29, 0.717) is 5.02 Å². The van der Waals surface area contributed by atoms with Crippen molar-refractivity contribution in [1.29, 1.82) is 0 Å². The van der Waals surface area contributed by atoms with Crippen molar-refractivity contribution in [2.75, 3.05) is 0 Å². The highest BCUT2D eigenvalue weighted by Crippen LogP contribution is 2.53. The number of ether oxygens (including phenoxy) is 1. The zero-order valence-corrected chi connectivity index (χ0v) is 13.1. The second-order valence-corrected chi connectivity index (χ2v) is 7.05. The van der Waals surface area contributed by atoms with E-state index in [2.05, 4.69) is 15.9 Å². The molecule has 19 heavy (non-hydrogen) atoms. The van der Waals surface area contributed by atoms with Gasteiger partial charge in [0.25, 0.3) is 0 Å². The quantitative estimate of drug-likeness (QED) is 0.851. The molecule has 1 N–H and O–H groups in total. The Labute approximate surface area is 127 Å². The van der Waals surface area contributed by atoms with E-state index in [1.165, 1.54) is 19.3 Å². The predicted octanol–water partition coefficient (Wildman–Crippen LogP) is 4.57. The van der Waals surface area contributed by atoms with Gasteiger partial charge < -0.3 is 9.84 Å². The highest BCUT2D eigenvalue weighted by molar-refractivity contribution is 9.10. The van der Waals surface area contributed by atoms with Crippen molar-refractivity contribution < 1.29 is 9.84 Å². The number of halogens is 2. The van der Waals surface area contributed by atoms with Gasteiger partial charge in [0.05, 0.1) is 11.1 Å². The van der Waals surface area contributed by atoms with Gasteiger partial charge in [0.1, 0.15) is 11.9 Å². The first-order chi connectivity index (χ1) is 9.12. The summed E-state index contributed by atoms with van der Waals surface area (Å²) in [6.07, 6.45) is 6.45. The van der Waals surface area contributed by atoms with Crippen molar-refractivity contribution >= 4 is 27.5 Å². The Hall–Kier alpha value is -0.250. The van der Waals surface area contributed by atoms with Crippen LogP contribution < -0.4 is 4.74 Å². The van der Waals surface area contributed by atoms with E-state index in [1.54, 1.807) is 0 Å². The maximum atomic E-state index is 10.2. The molecule has 0 amide bonds. The van der Waals surface area contributed by atoms with Crippen LogP contribution in [0.2, 0.25) is 5.02 Å². The molecule has 1 spiro atoms. The molecule has 0 heterocycles. The van der Waals surface area contributed by atoms with Crippen molar-refractivity contribution in [3.8, 4) is 5.75 Å². The Kier molecular flexibility index (Phi) is 3.80. The van der Waals surface area contributed by atoms with Crippen LogP contribution in [0.4, 0.5) is 0 Å². The number of rotatable bonds is 2. The summed E-state index contributed by atoms with van der Waals surface area (Å²) in [5.41, 5.74) is -0.0239. The summed E-state index contributed by atoms with van der Waals surface area (Å²) in [7, 11) is 0. The maximum absolute atomic E-state index is 10.2. The van der Waals surface area contributed by atoms with E-state index in [-0.39, 0.29) is 17.6 Å². The first-order valence-electron chi connectivity index (χ1n) is 6.91. The number of aliphatic hydroxyl groups is 1. The van der Waals surface area contributed by atoms with Crippen LogP contribution in [-0.2, 0) is 0 Å². The molecule has 2 fully saturated rings. The van der Waals surface area contributed by atoms with Crippen LogP contribution >= 0.6 is 27.5 Å². The Morgan fingerprint density at radius 3 is 2.68 bits per heavy atom. The first-order valence-corrected chi connectivity index (χ1v) is 8.09. The van der Waals surface area contributed by atoms with Crippen LogP contribution in [0, 0.1) is 5.41 Å². The number of hydrogen-bond acceptors (Lipinski definition) is 2. The molecule has 2 aliphatic rings. The van der Waals surface area contributed by atoms with Gasteiger partial charge in [0.15, 0.2) is 0 Å². The van der Waals surface area contributed by atoms with E-state index < -0.39 is 0 Å². The number of aliphatic hydroxyl groups excluding tert-OH is 1. The van der Waals surface area contributed by atoms with Gasteiger partial charge in [0.2, 0.25) is 0 Å². The Morgan fingerprint density at radius 1 is 1.26 bits per heavy atom. The maximum Gasteiger partial charge on any atom is 0.139 e. The van der Waals surface area contributed by atoms with Gasteiger partial charge in [-0.05, 0) is 31.0 Å². The molecule has 2 aliphatic carbocycles. The molecule has 2 atom stereocenters. The van der Waals surface area contributed by atoms with Gasteiger partial charge in [-0.2, -0.15) is 0 Å². The lowest BCUT2D eigenvalue weighted by molar-refractivity contribution is -0.172. The topological polar surface area (TPSA) is 29.5 Å². The monoisotopic (exact) mass is 344 g/mol. The molecule has 4 heteroatoms.